The fraction of sp³-hybridized carbons (Fsp3) is 0.211. The van der Waals surface area contributed by atoms with Crippen LogP contribution in [-0.2, 0) is 15.1 Å². The van der Waals surface area contributed by atoms with Gasteiger partial charge in [-0.3, -0.25) is 14.9 Å². The minimum atomic E-state index is -1.15. The maximum absolute atomic E-state index is 12.2. The summed E-state index contributed by atoms with van der Waals surface area (Å²) in [4.78, 5) is 36.8. The van der Waals surface area contributed by atoms with Gasteiger partial charge in [0, 0.05) is 10.6 Å². The Morgan fingerprint density at radius 1 is 1.15 bits per heavy atom. The molecule has 6 nitrogen and oxygen atoms in total. The van der Waals surface area contributed by atoms with Crippen LogP contribution >= 0.6 is 11.8 Å². The molecular weight excluding hydrogens is 350 g/mol. The van der Waals surface area contributed by atoms with E-state index < -0.39 is 17.5 Å². The number of nitrogens with one attached hydrogen (secondary N) is 3. The number of anilines is 1. The molecule has 0 bridgehead atoms. The molecule has 2 aromatic carbocycles. The number of amides is 4. The Bertz CT molecular complexity index is 884. The molecule has 3 N–H and O–H groups in total. The van der Waals surface area contributed by atoms with Crippen LogP contribution in [0.25, 0.3) is 0 Å². The molecule has 7 heteroatoms. The second kappa shape index (κ2) is 7.21. The van der Waals surface area contributed by atoms with E-state index in [9.17, 15) is 14.4 Å². The van der Waals surface area contributed by atoms with Crippen molar-refractivity contribution in [3.63, 3.8) is 0 Å². The zero-order valence-corrected chi connectivity index (χ0v) is 15.3. The first-order valence-electron chi connectivity index (χ1n) is 8.11. The summed E-state index contributed by atoms with van der Waals surface area (Å²) in [6.07, 6.45) is 0. The summed E-state index contributed by atoms with van der Waals surface area (Å²) in [5, 5.41) is 7.68. The van der Waals surface area contributed by atoms with Crippen molar-refractivity contribution in [1.29, 1.82) is 0 Å². The smallest absolute Gasteiger partial charge is 0.322 e. The number of thioether (sulfide) groups is 1. The van der Waals surface area contributed by atoms with E-state index in [0.717, 1.165) is 10.5 Å². The fourth-order valence-corrected chi connectivity index (χ4v) is 3.54. The van der Waals surface area contributed by atoms with Gasteiger partial charge >= 0.3 is 6.03 Å². The molecule has 0 radical (unpaired) electrons. The second-order valence-electron chi connectivity index (χ2n) is 6.22. The van der Waals surface area contributed by atoms with Crippen molar-refractivity contribution in [2.75, 3.05) is 11.1 Å². The summed E-state index contributed by atoms with van der Waals surface area (Å²) in [5.74, 6) is -0.273. The van der Waals surface area contributed by atoms with E-state index in [-0.39, 0.29) is 11.7 Å². The Kier molecular flexibility index (Phi) is 4.99. The van der Waals surface area contributed by atoms with E-state index >= 15 is 0 Å². The van der Waals surface area contributed by atoms with Crippen molar-refractivity contribution >= 4 is 35.3 Å². The number of carbonyl (C=O) groups is 3. The molecule has 2 aromatic rings. The maximum Gasteiger partial charge on any atom is 0.322 e. The number of hydrogen-bond donors (Lipinski definition) is 3. The SMILES string of the molecule is Cc1ccccc1SCC(=O)Nc1cccc(C2(C)NC(=O)NC2=O)c1. The summed E-state index contributed by atoms with van der Waals surface area (Å²) in [6.45, 7) is 3.63. The quantitative estimate of drug-likeness (QED) is 0.559. The molecule has 0 saturated carbocycles. The number of rotatable bonds is 5. The van der Waals surface area contributed by atoms with Gasteiger partial charge in [0.05, 0.1) is 5.75 Å². The van der Waals surface area contributed by atoms with Crippen LogP contribution in [0.2, 0.25) is 0 Å². The zero-order chi connectivity index (χ0) is 18.7. The van der Waals surface area contributed by atoms with E-state index in [1.165, 1.54) is 11.8 Å². The van der Waals surface area contributed by atoms with Gasteiger partial charge in [-0.2, -0.15) is 0 Å². The van der Waals surface area contributed by atoms with Gasteiger partial charge in [-0.25, -0.2) is 4.79 Å². The van der Waals surface area contributed by atoms with Gasteiger partial charge in [-0.1, -0.05) is 30.3 Å². The lowest BCUT2D eigenvalue weighted by Gasteiger charge is -2.21. The summed E-state index contributed by atoms with van der Waals surface area (Å²) in [7, 11) is 0. The Morgan fingerprint density at radius 3 is 2.62 bits per heavy atom. The molecule has 1 fully saturated rings. The van der Waals surface area contributed by atoms with Gasteiger partial charge in [0.25, 0.3) is 5.91 Å². The first-order valence-corrected chi connectivity index (χ1v) is 9.09. The van der Waals surface area contributed by atoms with Crippen molar-refractivity contribution in [2.24, 2.45) is 0 Å². The molecule has 26 heavy (non-hydrogen) atoms. The predicted molar refractivity (Wildman–Crippen MR) is 101 cm³/mol. The van der Waals surface area contributed by atoms with Gasteiger partial charge in [0.1, 0.15) is 5.54 Å². The van der Waals surface area contributed by atoms with Crippen LogP contribution in [-0.4, -0.2) is 23.6 Å². The van der Waals surface area contributed by atoms with Crippen molar-refractivity contribution in [1.82, 2.24) is 10.6 Å². The summed E-state index contributed by atoms with van der Waals surface area (Å²) >= 11 is 1.47. The zero-order valence-electron chi connectivity index (χ0n) is 14.5. The third kappa shape index (κ3) is 3.72. The average Bonchev–Trinajstić information content (AvgIpc) is 2.87. The Hall–Kier alpha value is -2.80. The molecular formula is C19H19N3O3S. The lowest BCUT2D eigenvalue weighted by Crippen LogP contribution is -2.40. The van der Waals surface area contributed by atoms with E-state index in [1.807, 2.05) is 31.2 Å². The fourth-order valence-electron chi connectivity index (χ4n) is 2.71. The summed E-state index contributed by atoms with van der Waals surface area (Å²) in [5.41, 5.74) is 1.16. The molecule has 0 spiro atoms. The number of hydrogen-bond acceptors (Lipinski definition) is 4. The Balaban J connectivity index is 1.67. The number of aryl methyl sites for hydroxylation is 1. The van der Waals surface area contributed by atoms with Crippen molar-refractivity contribution in [3.05, 3.63) is 59.7 Å². The molecule has 1 heterocycles. The third-order valence-electron chi connectivity index (χ3n) is 4.22. The summed E-state index contributed by atoms with van der Waals surface area (Å²) in [6, 6.07) is 14.3. The highest BCUT2D eigenvalue weighted by molar-refractivity contribution is 8.00. The van der Waals surface area contributed by atoms with Crippen molar-refractivity contribution in [3.8, 4) is 0 Å². The van der Waals surface area contributed by atoms with Crippen molar-refractivity contribution in [2.45, 2.75) is 24.3 Å². The molecule has 1 atom stereocenters. The predicted octanol–water partition coefficient (Wildman–Crippen LogP) is 2.78. The number of imide groups is 1. The van der Waals surface area contributed by atoms with E-state index in [4.69, 9.17) is 0 Å². The van der Waals surface area contributed by atoms with E-state index in [0.29, 0.717) is 11.3 Å². The number of urea groups is 1. The lowest BCUT2D eigenvalue weighted by atomic mass is 9.92. The molecule has 1 unspecified atom stereocenters. The molecule has 4 amide bonds. The van der Waals surface area contributed by atoms with Crippen LogP contribution in [0, 0.1) is 6.92 Å². The first kappa shape index (κ1) is 18.0. The molecule has 0 aromatic heterocycles. The monoisotopic (exact) mass is 369 g/mol. The Morgan fingerprint density at radius 2 is 1.92 bits per heavy atom. The highest BCUT2D eigenvalue weighted by Crippen LogP contribution is 2.27. The molecule has 0 aliphatic carbocycles. The van der Waals surface area contributed by atoms with Crippen LogP contribution < -0.4 is 16.0 Å². The summed E-state index contributed by atoms with van der Waals surface area (Å²) < 4.78 is 0. The van der Waals surface area contributed by atoms with Gasteiger partial charge in [0.2, 0.25) is 5.91 Å². The Labute approximate surface area is 155 Å². The highest BCUT2D eigenvalue weighted by atomic mass is 32.2. The van der Waals surface area contributed by atoms with Gasteiger partial charge in [0.15, 0.2) is 0 Å². The first-order chi connectivity index (χ1) is 12.4. The van der Waals surface area contributed by atoms with Gasteiger partial charge in [-0.05, 0) is 43.2 Å². The van der Waals surface area contributed by atoms with Crippen LogP contribution in [0.1, 0.15) is 18.1 Å². The second-order valence-corrected chi connectivity index (χ2v) is 7.23. The highest BCUT2D eigenvalue weighted by Gasteiger charge is 2.43. The molecule has 3 rings (SSSR count). The minimum absolute atomic E-state index is 0.138. The standard InChI is InChI=1S/C19H19N3O3S/c1-12-6-3-4-9-15(12)26-11-16(23)20-14-8-5-7-13(10-14)19(2)17(24)21-18(25)22-19/h3-10H,11H2,1-2H3,(H,20,23)(H2,21,22,24,25). The van der Waals surface area contributed by atoms with E-state index in [2.05, 4.69) is 16.0 Å². The van der Waals surface area contributed by atoms with Crippen LogP contribution in [0.4, 0.5) is 10.5 Å². The van der Waals surface area contributed by atoms with Crippen LogP contribution in [0.5, 0.6) is 0 Å². The van der Waals surface area contributed by atoms with E-state index in [1.54, 1.807) is 31.2 Å². The van der Waals surface area contributed by atoms with Crippen molar-refractivity contribution < 1.29 is 14.4 Å². The molecule has 1 aliphatic heterocycles. The molecule has 134 valence electrons. The van der Waals surface area contributed by atoms with Gasteiger partial charge < -0.3 is 10.6 Å². The van der Waals surface area contributed by atoms with Gasteiger partial charge in [-0.15, -0.1) is 11.8 Å². The third-order valence-corrected chi connectivity index (χ3v) is 5.40. The average molecular weight is 369 g/mol. The largest absolute Gasteiger partial charge is 0.325 e. The van der Waals surface area contributed by atoms with Crippen LogP contribution in [0.15, 0.2) is 53.4 Å². The number of carbonyl (C=O) groups excluding carboxylic acids is 3. The topological polar surface area (TPSA) is 87.3 Å². The normalized spacial score (nSPS) is 19.0. The lowest BCUT2D eigenvalue weighted by molar-refractivity contribution is -0.123. The maximum atomic E-state index is 12.2. The molecule has 1 saturated heterocycles. The molecule has 1 aliphatic rings. The van der Waals surface area contributed by atoms with Crippen LogP contribution in [0.3, 0.4) is 0 Å². The number of benzene rings is 2. The minimum Gasteiger partial charge on any atom is -0.325 e.